The average Bonchev–Trinajstić information content (AvgIpc) is 2.57. The summed E-state index contributed by atoms with van der Waals surface area (Å²) in [5.41, 5.74) is 0.743. The topological polar surface area (TPSA) is 108 Å². The minimum atomic E-state index is -0.617. The van der Waals surface area contributed by atoms with Crippen molar-refractivity contribution in [2.24, 2.45) is 0 Å². The van der Waals surface area contributed by atoms with E-state index in [1.165, 1.54) is 24.3 Å². The lowest BCUT2D eigenvalue weighted by Crippen LogP contribution is -2.29. The molecule has 0 saturated heterocycles. The van der Waals surface area contributed by atoms with Gasteiger partial charge < -0.3 is 15.4 Å². The number of nitrogens with zero attached hydrogens (tertiary/aromatic N) is 1. The molecule has 0 fully saturated rings. The molecule has 0 atom stereocenters. The summed E-state index contributed by atoms with van der Waals surface area (Å²) in [4.78, 5) is 34.6. The van der Waals surface area contributed by atoms with Crippen LogP contribution in [0.4, 0.5) is 5.69 Å². The van der Waals surface area contributed by atoms with Crippen LogP contribution < -0.4 is 10.6 Å². The molecule has 0 aromatic heterocycles. The van der Waals surface area contributed by atoms with E-state index in [-0.39, 0.29) is 24.5 Å². The smallest absolute Gasteiger partial charge is 0.338 e. The fourth-order valence-electron chi connectivity index (χ4n) is 1.83. The van der Waals surface area contributed by atoms with E-state index in [1.54, 1.807) is 6.07 Å². The molecule has 1 aromatic carbocycles. The van der Waals surface area contributed by atoms with Crippen molar-refractivity contribution in [2.75, 3.05) is 18.5 Å². The van der Waals surface area contributed by atoms with E-state index in [0.29, 0.717) is 12.2 Å². The number of carbonyl (C=O) groups is 3. The maximum absolute atomic E-state index is 11.8. The Morgan fingerprint density at radius 3 is 2.46 bits per heavy atom. The number of ether oxygens (including phenoxy) is 1. The molecule has 1 aromatic rings. The van der Waals surface area contributed by atoms with Gasteiger partial charge in [0.05, 0.1) is 11.6 Å². The van der Waals surface area contributed by atoms with E-state index in [1.807, 2.05) is 0 Å². The lowest BCUT2D eigenvalue weighted by Gasteiger charge is -2.07. The van der Waals surface area contributed by atoms with Gasteiger partial charge in [-0.15, -0.1) is 0 Å². The Hall–Kier alpha value is -2.88. The summed E-state index contributed by atoms with van der Waals surface area (Å²) in [7, 11) is 0. The van der Waals surface area contributed by atoms with E-state index in [9.17, 15) is 14.4 Å². The first-order chi connectivity index (χ1) is 11.6. The first-order valence-corrected chi connectivity index (χ1v) is 7.77. The summed E-state index contributed by atoms with van der Waals surface area (Å²) >= 11 is 0. The Morgan fingerprint density at radius 1 is 1.12 bits per heavy atom. The third-order valence-electron chi connectivity index (χ3n) is 3.08. The molecule has 0 aliphatic rings. The van der Waals surface area contributed by atoms with Crippen LogP contribution in [0.15, 0.2) is 24.3 Å². The van der Waals surface area contributed by atoms with Gasteiger partial charge in [0.15, 0.2) is 6.61 Å². The van der Waals surface area contributed by atoms with E-state index in [4.69, 9.17) is 10.00 Å². The summed E-state index contributed by atoms with van der Waals surface area (Å²) in [6.45, 7) is 2.32. The summed E-state index contributed by atoms with van der Waals surface area (Å²) in [6, 6.07) is 7.74. The first kappa shape index (κ1) is 19.2. The van der Waals surface area contributed by atoms with E-state index in [0.717, 1.165) is 19.3 Å². The Kier molecular flexibility index (Phi) is 8.61. The summed E-state index contributed by atoms with van der Waals surface area (Å²) in [5.74, 6) is -1.37. The Labute approximate surface area is 141 Å². The summed E-state index contributed by atoms with van der Waals surface area (Å²) in [5, 5.41) is 13.6. The molecule has 0 radical (unpaired) electrons. The molecular formula is C17H21N3O4. The number of benzene rings is 1. The molecule has 7 heteroatoms. The second-order valence-electron chi connectivity index (χ2n) is 5.09. The van der Waals surface area contributed by atoms with Gasteiger partial charge in [-0.1, -0.05) is 19.8 Å². The third kappa shape index (κ3) is 7.40. The molecule has 0 heterocycles. The SMILES string of the molecule is CCCCCNC(=O)COC(=O)c1ccc(NC(=O)CC#N)cc1. The van der Waals surface area contributed by atoms with Gasteiger partial charge in [-0.05, 0) is 30.7 Å². The lowest BCUT2D eigenvalue weighted by atomic mass is 10.2. The monoisotopic (exact) mass is 331 g/mol. The molecule has 0 aliphatic carbocycles. The molecule has 7 nitrogen and oxygen atoms in total. The van der Waals surface area contributed by atoms with Gasteiger partial charge in [-0.2, -0.15) is 5.26 Å². The number of rotatable bonds is 9. The predicted octanol–water partition coefficient (Wildman–Crippen LogP) is 2.00. The van der Waals surface area contributed by atoms with Gasteiger partial charge in [-0.3, -0.25) is 9.59 Å². The molecule has 2 amide bonds. The number of amides is 2. The number of esters is 1. The Balaban J connectivity index is 2.38. The highest BCUT2D eigenvalue weighted by molar-refractivity contribution is 5.94. The van der Waals surface area contributed by atoms with Gasteiger partial charge in [0.25, 0.3) is 5.91 Å². The minimum Gasteiger partial charge on any atom is -0.452 e. The van der Waals surface area contributed by atoms with Crippen molar-refractivity contribution in [3.8, 4) is 6.07 Å². The fourth-order valence-corrected chi connectivity index (χ4v) is 1.83. The highest BCUT2D eigenvalue weighted by atomic mass is 16.5. The molecule has 0 unspecified atom stereocenters. The van der Waals surface area contributed by atoms with Crippen LogP contribution >= 0.6 is 0 Å². The standard InChI is InChI=1S/C17H21N3O4/c1-2-3-4-11-19-16(22)12-24-17(23)13-5-7-14(8-6-13)20-15(21)9-10-18/h5-8H,2-4,9,11-12H2,1H3,(H,19,22)(H,20,21). The molecule has 0 saturated carbocycles. The van der Waals surface area contributed by atoms with Gasteiger partial charge in [0.1, 0.15) is 6.42 Å². The molecule has 0 bridgehead atoms. The van der Waals surface area contributed by atoms with Crippen LogP contribution in [0.1, 0.15) is 43.0 Å². The molecule has 24 heavy (non-hydrogen) atoms. The zero-order valence-corrected chi connectivity index (χ0v) is 13.6. The Bertz CT molecular complexity index is 605. The number of hydrogen-bond acceptors (Lipinski definition) is 5. The average molecular weight is 331 g/mol. The van der Waals surface area contributed by atoms with Crippen LogP contribution in [0, 0.1) is 11.3 Å². The minimum absolute atomic E-state index is 0.239. The van der Waals surface area contributed by atoms with Crippen LogP contribution in [0.3, 0.4) is 0 Å². The summed E-state index contributed by atoms with van der Waals surface area (Å²) < 4.78 is 4.93. The van der Waals surface area contributed by atoms with Crippen molar-refractivity contribution in [3.63, 3.8) is 0 Å². The molecule has 0 aliphatic heterocycles. The molecule has 1 rings (SSSR count). The van der Waals surface area contributed by atoms with Crippen LogP contribution in [-0.4, -0.2) is 30.9 Å². The van der Waals surface area contributed by atoms with Gasteiger partial charge in [0, 0.05) is 12.2 Å². The fraction of sp³-hybridized carbons (Fsp3) is 0.412. The van der Waals surface area contributed by atoms with Crippen LogP contribution in [0.5, 0.6) is 0 Å². The van der Waals surface area contributed by atoms with Crippen LogP contribution in [0.2, 0.25) is 0 Å². The molecule has 128 valence electrons. The quantitative estimate of drug-likeness (QED) is 0.531. The van der Waals surface area contributed by atoms with E-state index in [2.05, 4.69) is 17.6 Å². The van der Waals surface area contributed by atoms with Crippen molar-refractivity contribution >= 4 is 23.5 Å². The van der Waals surface area contributed by atoms with E-state index < -0.39 is 11.9 Å². The van der Waals surface area contributed by atoms with Gasteiger partial charge in [-0.25, -0.2) is 4.79 Å². The molecule has 2 N–H and O–H groups in total. The lowest BCUT2D eigenvalue weighted by molar-refractivity contribution is -0.124. The number of hydrogen-bond donors (Lipinski definition) is 2. The number of carbonyl (C=O) groups excluding carboxylic acids is 3. The summed E-state index contributed by atoms with van der Waals surface area (Å²) in [6.07, 6.45) is 2.77. The van der Waals surface area contributed by atoms with Crippen molar-refractivity contribution in [2.45, 2.75) is 32.6 Å². The molecular weight excluding hydrogens is 310 g/mol. The van der Waals surface area contributed by atoms with Crippen molar-refractivity contribution in [1.29, 1.82) is 5.26 Å². The highest BCUT2D eigenvalue weighted by Gasteiger charge is 2.10. The maximum Gasteiger partial charge on any atom is 0.338 e. The largest absolute Gasteiger partial charge is 0.452 e. The number of nitriles is 1. The number of anilines is 1. The normalized spacial score (nSPS) is 9.67. The van der Waals surface area contributed by atoms with Crippen LogP contribution in [0.25, 0.3) is 0 Å². The van der Waals surface area contributed by atoms with Crippen molar-refractivity contribution < 1.29 is 19.1 Å². The van der Waals surface area contributed by atoms with Gasteiger partial charge >= 0.3 is 5.97 Å². The third-order valence-corrected chi connectivity index (χ3v) is 3.08. The van der Waals surface area contributed by atoms with Crippen LogP contribution in [-0.2, 0) is 14.3 Å². The maximum atomic E-state index is 11.8. The number of unbranched alkanes of at least 4 members (excludes halogenated alkanes) is 2. The second kappa shape index (κ2) is 10.8. The second-order valence-corrected chi connectivity index (χ2v) is 5.09. The van der Waals surface area contributed by atoms with Gasteiger partial charge in [0.2, 0.25) is 5.91 Å². The highest BCUT2D eigenvalue weighted by Crippen LogP contribution is 2.11. The van der Waals surface area contributed by atoms with E-state index >= 15 is 0 Å². The van der Waals surface area contributed by atoms with Crippen molar-refractivity contribution in [1.82, 2.24) is 5.32 Å². The van der Waals surface area contributed by atoms with Crippen molar-refractivity contribution in [3.05, 3.63) is 29.8 Å². The number of nitrogens with one attached hydrogen (secondary N) is 2. The Morgan fingerprint density at radius 2 is 1.83 bits per heavy atom. The zero-order valence-electron chi connectivity index (χ0n) is 13.6. The molecule has 0 spiro atoms. The predicted molar refractivity (Wildman–Crippen MR) is 88.1 cm³/mol. The first-order valence-electron chi connectivity index (χ1n) is 7.77. The zero-order chi connectivity index (χ0) is 17.8.